The van der Waals surface area contributed by atoms with Gasteiger partial charge in [0.25, 0.3) is 0 Å². The molecule has 128 valence electrons. The van der Waals surface area contributed by atoms with Crippen LogP contribution in [-0.2, 0) is 0 Å². The number of benzene rings is 3. The summed E-state index contributed by atoms with van der Waals surface area (Å²) in [4.78, 5) is 22.9. The van der Waals surface area contributed by atoms with Gasteiger partial charge in [0.2, 0.25) is 0 Å². The Morgan fingerprint density at radius 3 is 1.96 bits per heavy atom. The second kappa shape index (κ2) is 8.15. The number of nitrogens with zero attached hydrogens (tertiary/aromatic N) is 1. The van der Waals surface area contributed by atoms with Crippen LogP contribution < -0.4 is 4.90 Å². The van der Waals surface area contributed by atoms with Crippen molar-refractivity contribution in [2.45, 2.75) is 0 Å². The highest BCUT2D eigenvalue weighted by Gasteiger charge is 2.06. The van der Waals surface area contributed by atoms with Gasteiger partial charge in [-0.3, -0.25) is 9.59 Å². The first-order chi connectivity index (χ1) is 12.0. The van der Waals surface area contributed by atoms with Crippen LogP contribution in [0.5, 0.6) is 0 Å². The Morgan fingerprint density at radius 2 is 1.40 bits per heavy atom. The minimum atomic E-state index is -1.09. The number of carbonyl (C=O) groups is 2. The summed E-state index contributed by atoms with van der Waals surface area (Å²) in [6.07, 6.45) is 1.18. The largest absolute Gasteiger partial charge is 0.377 e. The Hall–Kier alpha value is -3.08. The summed E-state index contributed by atoms with van der Waals surface area (Å²) in [5.41, 5.74) is 1.63. The zero-order chi connectivity index (χ0) is 18.4. The zero-order valence-electron chi connectivity index (χ0n) is 13.9. The fourth-order valence-corrected chi connectivity index (χ4v) is 2.41. The van der Waals surface area contributed by atoms with E-state index in [0.29, 0.717) is 0 Å². The summed E-state index contributed by atoms with van der Waals surface area (Å²) < 4.78 is 24.6. The van der Waals surface area contributed by atoms with Gasteiger partial charge in [0.15, 0.2) is 24.2 Å². The molecule has 5 heteroatoms. The van der Waals surface area contributed by atoms with Crippen LogP contribution in [0, 0.1) is 11.6 Å². The van der Waals surface area contributed by atoms with Crippen molar-refractivity contribution in [2.24, 2.45) is 0 Å². The van der Waals surface area contributed by atoms with Crippen molar-refractivity contribution >= 4 is 29.0 Å². The van der Waals surface area contributed by atoms with Crippen molar-refractivity contribution < 1.29 is 18.4 Å². The highest BCUT2D eigenvalue weighted by molar-refractivity contribution is 6.04. The lowest BCUT2D eigenvalue weighted by molar-refractivity contribution is 0.111. The number of hydrogen-bond acceptors (Lipinski definition) is 3. The van der Waals surface area contributed by atoms with Gasteiger partial charge in [-0.2, -0.15) is 0 Å². The van der Waals surface area contributed by atoms with E-state index >= 15 is 0 Å². The smallest absolute Gasteiger partial charge is 0.169 e. The van der Waals surface area contributed by atoms with Crippen LogP contribution in [0.2, 0.25) is 0 Å². The predicted octanol–water partition coefficient (Wildman–Crippen LogP) is 4.50. The quantitative estimate of drug-likeness (QED) is 0.659. The standard InChI is InChI=1S/C13H13NO.C7H4F2O/c1-14(2)13-8-7-10(9-15)11-5-3-4-6-12(11)13;8-6-3-1-2-5(4-10)7(6)9/h3-9H,1-2H3;1-4H. The third kappa shape index (κ3) is 4.07. The van der Waals surface area contributed by atoms with Crippen molar-refractivity contribution in [2.75, 3.05) is 19.0 Å². The van der Waals surface area contributed by atoms with Gasteiger partial charge in [-0.25, -0.2) is 8.78 Å². The normalized spacial score (nSPS) is 9.92. The van der Waals surface area contributed by atoms with Gasteiger partial charge in [-0.15, -0.1) is 0 Å². The fraction of sp³-hybridized carbons (Fsp3) is 0.100. The van der Waals surface area contributed by atoms with Gasteiger partial charge < -0.3 is 4.90 Å². The van der Waals surface area contributed by atoms with E-state index in [1.807, 2.05) is 50.5 Å². The van der Waals surface area contributed by atoms with E-state index in [4.69, 9.17) is 0 Å². The average molecular weight is 341 g/mol. The maximum atomic E-state index is 12.4. The molecular weight excluding hydrogens is 324 g/mol. The van der Waals surface area contributed by atoms with Crippen molar-refractivity contribution in [3.8, 4) is 0 Å². The Labute approximate surface area is 144 Å². The molecule has 0 saturated carbocycles. The number of carbonyl (C=O) groups excluding carboxylic acids is 2. The summed E-state index contributed by atoms with van der Waals surface area (Å²) in [5, 5.41) is 2.13. The highest BCUT2D eigenvalue weighted by atomic mass is 19.2. The molecule has 0 radical (unpaired) electrons. The SMILES string of the molecule is CN(C)c1ccc(C=O)c2ccccc12.O=Cc1cccc(F)c1F. The number of rotatable bonds is 3. The van der Waals surface area contributed by atoms with E-state index in [0.717, 1.165) is 34.4 Å². The first-order valence-electron chi connectivity index (χ1n) is 7.53. The topological polar surface area (TPSA) is 37.4 Å². The zero-order valence-corrected chi connectivity index (χ0v) is 13.9. The monoisotopic (exact) mass is 341 g/mol. The third-order valence-corrected chi connectivity index (χ3v) is 3.65. The van der Waals surface area contributed by atoms with E-state index < -0.39 is 11.6 Å². The molecule has 0 saturated heterocycles. The molecule has 0 aromatic heterocycles. The molecule has 0 aliphatic heterocycles. The molecule has 25 heavy (non-hydrogen) atoms. The van der Waals surface area contributed by atoms with Crippen LogP contribution >= 0.6 is 0 Å². The summed E-state index contributed by atoms with van der Waals surface area (Å²) in [5.74, 6) is -2.08. The molecule has 0 unspecified atom stereocenters. The average Bonchev–Trinajstić information content (AvgIpc) is 2.63. The molecule has 0 aliphatic rings. The second-order valence-electron chi connectivity index (χ2n) is 5.49. The van der Waals surface area contributed by atoms with E-state index in [1.54, 1.807) is 0 Å². The van der Waals surface area contributed by atoms with E-state index in [2.05, 4.69) is 4.90 Å². The molecular formula is C20H17F2NO2. The predicted molar refractivity (Wildman–Crippen MR) is 95.4 cm³/mol. The lowest BCUT2D eigenvalue weighted by Gasteiger charge is -2.16. The van der Waals surface area contributed by atoms with Gasteiger partial charge in [-0.05, 0) is 29.7 Å². The Bertz CT molecular complexity index is 907. The van der Waals surface area contributed by atoms with Crippen LogP contribution in [0.15, 0.2) is 54.6 Å². The van der Waals surface area contributed by atoms with Crippen LogP contribution in [0.25, 0.3) is 10.8 Å². The van der Waals surface area contributed by atoms with E-state index in [9.17, 15) is 18.4 Å². The minimum absolute atomic E-state index is 0.250. The summed E-state index contributed by atoms with van der Waals surface area (Å²) in [6, 6.07) is 15.3. The molecule has 0 spiro atoms. The van der Waals surface area contributed by atoms with E-state index in [1.165, 1.54) is 12.1 Å². The van der Waals surface area contributed by atoms with Gasteiger partial charge in [0, 0.05) is 30.7 Å². The number of halogens is 2. The van der Waals surface area contributed by atoms with Crippen LogP contribution in [0.1, 0.15) is 20.7 Å². The van der Waals surface area contributed by atoms with Crippen LogP contribution in [0.4, 0.5) is 14.5 Å². The molecule has 3 aromatic rings. The number of fused-ring (bicyclic) bond motifs is 1. The molecule has 3 nitrogen and oxygen atoms in total. The summed E-state index contributed by atoms with van der Waals surface area (Å²) in [6.45, 7) is 0. The molecule has 0 N–H and O–H groups in total. The lowest BCUT2D eigenvalue weighted by Crippen LogP contribution is -2.09. The van der Waals surface area contributed by atoms with Gasteiger partial charge in [0.05, 0.1) is 5.56 Å². The highest BCUT2D eigenvalue weighted by Crippen LogP contribution is 2.27. The first-order valence-corrected chi connectivity index (χ1v) is 7.53. The maximum absolute atomic E-state index is 12.4. The van der Waals surface area contributed by atoms with Crippen molar-refractivity contribution in [1.29, 1.82) is 0 Å². The second-order valence-corrected chi connectivity index (χ2v) is 5.49. The molecule has 0 heterocycles. The van der Waals surface area contributed by atoms with Crippen molar-refractivity contribution in [3.63, 3.8) is 0 Å². The van der Waals surface area contributed by atoms with Gasteiger partial charge in [-0.1, -0.05) is 30.3 Å². The van der Waals surface area contributed by atoms with Crippen molar-refractivity contribution in [1.82, 2.24) is 0 Å². The maximum Gasteiger partial charge on any atom is 0.169 e. The van der Waals surface area contributed by atoms with E-state index in [-0.39, 0.29) is 11.8 Å². The van der Waals surface area contributed by atoms with Gasteiger partial charge >= 0.3 is 0 Å². The summed E-state index contributed by atoms with van der Waals surface area (Å²) >= 11 is 0. The van der Waals surface area contributed by atoms with Crippen LogP contribution in [-0.4, -0.2) is 26.7 Å². The fourth-order valence-electron chi connectivity index (χ4n) is 2.41. The molecule has 0 atom stereocenters. The first kappa shape index (κ1) is 18.3. The molecule has 0 aliphatic carbocycles. The Balaban J connectivity index is 0.000000196. The Kier molecular flexibility index (Phi) is 5.95. The third-order valence-electron chi connectivity index (χ3n) is 3.65. The molecule has 0 bridgehead atoms. The minimum Gasteiger partial charge on any atom is -0.377 e. The number of anilines is 1. The molecule has 0 amide bonds. The molecule has 0 fully saturated rings. The van der Waals surface area contributed by atoms with Crippen molar-refractivity contribution in [3.05, 3.63) is 77.4 Å². The molecule has 3 rings (SSSR count). The summed E-state index contributed by atoms with van der Waals surface area (Å²) in [7, 11) is 4.00. The number of aldehydes is 2. The van der Waals surface area contributed by atoms with Crippen LogP contribution in [0.3, 0.4) is 0 Å². The van der Waals surface area contributed by atoms with Gasteiger partial charge in [0.1, 0.15) is 0 Å². The Morgan fingerprint density at radius 1 is 0.760 bits per heavy atom. The number of hydrogen-bond donors (Lipinski definition) is 0. The molecule has 3 aromatic carbocycles. The lowest BCUT2D eigenvalue weighted by atomic mass is 10.0.